The number of anilines is 1. The maximum atomic E-state index is 12.2. The van der Waals surface area contributed by atoms with Gasteiger partial charge >= 0.3 is 0 Å². The summed E-state index contributed by atoms with van der Waals surface area (Å²) in [5.74, 6) is -0.169. The normalized spacial score (nSPS) is 14.7. The molecular formula is C17H25N3O3. The SMILES string of the molecule is O=C(CCCCCC(=O)N1CCN(c2ccccc2)CC1)NO. The molecule has 1 aliphatic rings. The van der Waals surface area contributed by atoms with E-state index in [0.717, 1.165) is 39.0 Å². The summed E-state index contributed by atoms with van der Waals surface area (Å²) in [5, 5.41) is 8.39. The number of hydrogen-bond acceptors (Lipinski definition) is 4. The number of nitrogens with one attached hydrogen (secondary N) is 1. The van der Waals surface area contributed by atoms with Crippen molar-refractivity contribution in [1.82, 2.24) is 10.4 Å². The molecule has 126 valence electrons. The number of piperazine rings is 1. The van der Waals surface area contributed by atoms with Crippen LogP contribution in [-0.4, -0.2) is 48.1 Å². The number of rotatable bonds is 7. The van der Waals surface area contributed by atoms with Crippen molar-refractivity contribution in [2.75, 3.05) is 31.1 Å². The van der Waals surface area contributed by atoms with Gasteiger partial charge in [0, 0.05) is 44.7 Å². The molecule has 1 aromatic rings. The zero-order valence-corrected chi connectivity index (χ0v) is 13.4. The Labute approximate surface area is 137 Å². The zero-order chi connectivity index (χ0) is 16.5. The Balaban J connectivity index is 1.63. The van der Waals surface area contributed by atoms with Gasteiger partial charge < -0.3 is 9.80 Å². The summed E-state index contributed by atoms with van der Waals surface area (Å²) >= 11 is 0. The number of para-hydroxylation sites is 1. The molecule has 1 aromatic carbocycles. The molecule has 0 spiro atoms. The first-order chi connectivity index (χ1) is 11.2. The van der Waals surface area contributed by atoms with Crippen molar-refractivity contribution in [3.8, 4) is 0 Å². The van der Waals surface area contributed by atoms with Crippen LogP contribution in [0, 0.1) is 0 Å². The molecule has 6 nitrogen and oxygen atoms in total. The Morgan fingerprint density at radius 2 is 1.61 bits per heavy atom. The maximum Gasteiger partial charge on any atom is 0.243 e. The number of unbranched alkanes of at least 4 members (excludes halogenated alkanes) is 2. The lowest BCUT2D eigenvalue weighted by Crippen LogP contribution is -2.48. The van der Waals surface area contributed by atoms with Crippen molar-refractivity contribution < 1.29 is 14.8 Å². The number of carbonyl (C=O) groups excluding carboxylic acids is 2. The lowest BCUT2D eigenvalue weighted by atomic mass is 10.1. The molecule has 2 rings (SSSR count). The second kappa shape index (κ2) is 9.15. The van der Waals surface area contributed by atoms with Gasteiger partial charge in [-0.05, 0) is 25.0 Å². The highest BCUT2D eigenvalue weighted by Crippen LogP contribution is 2.16. The highest BCUT2D eigenvalue weighted by Gasteiger charge is 2.20. The zero-order valence-electron chi connectivity index (χ0n) is 13.4. The molecule has 1 saturated heterocycles. The summed E-state index contributed by atoms with van der Waals surface area (Å²) < 4.78 is 0. The van der Waals surface area contributed by atoms with Crippen LogP contribution < -0.4 is 10.4 Å². The molecule has 0 aliphatic carbocycles. The van der Waals surface area contributed by atoms with Crippen LogP contribution in [-0.2, 0) is 9.59 Å². The Kier molecular flexibility index (Phi) is 6.87. The van der Waals surface area contributed by atoms with Crippen LogP contribution in [0.3, 0.4) is 0 Å². The van der Waals surface area contributed by atoms with Crippen LogP contribution in [0.5, 0.6) is 0 Å². The van der Waals surface area contributed by atoms with E-state index in [2.05, 4.69) is 17.0 Å². The molecular weight excluding hydrogens is 294 g/mol. The van der Waals surface area contributed by atoms with Crippen LogP contribution in [0.1, 0.15) is 32.1 Å². The fourth-order valence-electron chi connectivity index (χ4n) is 2.81. The van der Waals surface area contributed by atoms with Crippen LogP contribution in [0.25, 0.3) is 0 Å². The van der Waals surface area contributed by atoms with Gasteiger partial charge in [-0.2, -0.15) is 0 Å². The summed E-state index contributed by atoms with van der Waals surface area (Å²) in [6.07, 6.45) is 3.15. The molecule has 0 radical (unpaired) electrons. The molecule has 6 heteroatoms. The van der Waals surface area contributed by atoms with Crippen molar-refractivity contribution in [1.29, 1.82) is 0 Å². The van der Waals surface area contributed by atoms with Crippen LogP contribution in [0.2, 0.25) is 0 Å². The predicted octanol–water partition coefficient (Wildman–Crippen LogP) is 1.79. The minimum absolute atomic E-state index is 0.198. The van der Waals surface area contributed by atoms with Gasteiger partial charge in [-0.1, -0.05) is 24.6 Å². The molecule has 0 aromatic heterocycles. The van der Waals surface area contributed by atoms with Gasteiger partial charge in [0.05, 0.1) is 0 Å². The molecule has 23 heavy (non-hydrogen) atoms. The van der Waals surface area contributed by atoms with E-state index >= 15 is 0 Å². The van der Waals surface area contributed by atoms with Crippen molar-refractivity contribution >= 4 is 17.5 Å². The average molecular weight is 319 g/mol. The minimum Gasteiger partial charge on any atom is -0.368 e. The van der Waals surface area contributed by atoms with Gasteiger partial charge in [0.2, 0.25) is 11.8 Å². The third-order valence-electron chi connectivity index (χ3n) is 4.17. The fraction of sp³-hybridized carbons (Fsp3) is 0.529. The Hall–Kier alpha value is -2.08. The Morgan fingerprint density at radius 3 is 2.26 bits per heavy atom. The third kappa shape index (κ3) is 5.56. The van der Waals surface area contributed by atoms with Gasteiger partial charge in [0.15, 0.2) is 0 Å². The number of hydrogen-bond donors (Lipinski definition) is 2. The lowest BCUT2D eigenvalue weighted by Gasteiger charge is -2.36. The molecule has 0 bridgehead atoms. The highest BCUT2D eigenvalue weighted by molar-refractivity contribution is 5.76. The number of hydroxylamine groups is 1. The second-order valence-corrected chi connectivity index (χ2v) is 5.80. The molecule has 1 aliphatic heterocycles. The number of carbonyl (C=O) groups is 2. The number of nitrogens with zero attached hydrogens (tertiary/aromatic N) is 2. The van der Waals surface area contributed by atoms with E-state index in [4.69, 9.17) is 5.21 Å². The van der Waals surface area contributed by atoms with Crippen molar-refractivity contribution in [2.24, 2.45) is 0 Å². The van der Waals surface area contributed by atoms with Gasteiger partial charge in [0.1, 0.15) is 0 Å². The topological polar surface area (TPSA) is 72.9 Å². The standard InChI is InChI=1S/C17H25N3O3/c21-16(18-23)9-5-2-6-10-17(22)20-13-11-19(12-14-20)15-7-3-1-4-8-15/h1,3-4,7-8,23H,2,5-6,9-14H2,(H,18,21). The summed E-state index contributed by atoms with van der Waals surface area (Å²) in [7, 11) is 0. The van der Waals surface area contributed by atoms with Crippen LogP contribution in [0.15, 0.2) is 30.3 Å². The van der Waals surface area contributed by atoms with Gasteiger partial charge in [-0.15, -0.1) is 0 Å². The Bertz CT molecular complexity index is 499. The first kappa shape index (κ1) is 17.3. The summed E-state index contributed by atoms with van der Waals surface area (Å²) in [6.45, 7) is 3.26. The van der Waals surface area contributed by atoms with Gasteiger partial charge in [-0.3, -0.25) is 14.8 Å². The number of amides is 2. The summed E-state index contributed by atoms with van der Waals surface area (Å²) in [5.41, 5.74) is 2.83. The maximum absolute atomic E-state index is 12.2. The Morgan fingerprint density at radius 1 is 0.957 bits per heavy atom. The van der Waals surface area contributed by atoms with E-state index in [1.165, 1.54) is 5.69 Å². The van der Waals surface area contributed by atoms with E-state index in [9.17, 15) is 9.59 Å². The van der Waals surface area contributed by atoms with Gasteiger partial charge in [-0.25, -0.2) is 5.48 Å². The van der Waals surface area contributed by atoms with Crippen LogP contribution >= 0.6 is 0 Å². The average Bonchev–Trinajstić information content (AvgIpc) is 2.62. The minimum atomic E-state index is -0.367. The molecule has 2 amide bonds. The van der Waals surface area contributed by atoms with E-state index in [1.54, 1.807) is 5.48 Å². The van der Waals surface area contributed by atoms with Crippen molar-refractivity contribution in [2.45, 2.75) is 32.1 Å². The van der Waals surface area contributed by atoms with E-state index in [-0.39, 0.29) is 11.8 Å². The molecule has 1 heterocycles. The highest BCUT2D eigenvalue weighted by atomic mass is 16.5. The monoisotopic (exact) mass is 319 g/mol. The summed E-state index contributed by atoms with van der Waals surface area (Å²) in [4.78, 5) is 27.3. The first-order valence-electron chi connectivity index (χ1n) is 8.21. The number of benzene rings is 1. The van der Waals surface area contributed by atoms with E-state index < -0.39 is 0 Å². The van der Waals surface area contributed by atoms with Crippen molar-refractivity contribution in [3.63, 3.8) is 0 Å². The molecule has 2 N–H and O–H groups in total. The van der Waals surface area contributed by atoms with Crippen LogP contribution in [0.4, 0.5) is 5.69 Å². The molecule has 1 fully saturated rings. The van der Waals surface area contributed by atoms with Gasteiger partial charge in [0.25, 0.3) is 0 Å². The molecule has 0 atom stereocenters. The van der Waals surface area contributed by atoms with Crippen molar-refractivity contribution in [3.05, 3.63) is 30.3 Å². The first-order valence-corrected chi connectivity index (χ1v) is 8.21. The summed E-state index contributed by atoms with van der Waals surface area (Å²) in [6, 6.07) is 10.3. The third-order valence-corrected chi connectivity index (χ3v) is 4.17. The second-order valence-electron chi connectivity index (χ2n) is 5.80. The van der Waals surface area contributed by atoms with E-state index in [1.807, 2.05) is 23.1 Å². The van der Waals surface area contributed by atoms with E-state index in [0.29, 0.717) is 19.3 Å². The lowest BCUT2D eigenvalue weighted by molar-refractivity contribution is -0.131. The smallest absolute Gasteiger partial charge is 0.243 e. The predicted molar refractivity (Wildman–Crippen MR) is 88.2 cm³/mol. The molecule has 0 saturated carbocycles. The quantitative estimate of drug-likeness (QED) is 0.456. The largest absolute Gasteiger partial charge is 0.368 e. The molecule has 0 unspecified atom stereocenters. The fourth-order valence-corrected chi connectivity index (χ4v) is 2.81.